The van der Waals surface area contributed by atoms with E-state index in [4.69, 9.17) is 10.2 Å². The third-order valence-electron chi connectivity index (χ3n) is 5.18. The van der Waals surface area contributed by atoms with Crippen LogP contribution in [-0.4, -0.2) is 35.8 Å². The number of carbonyl (C=O) groups excluding carboxylic acids is 2. The molecule has 0 unspecified atom stereocenters. The Morgan fingerprint density at radius 1 is 1.32 bits per heavy atom. The molecule has 2 amide bonds. The highest BCUT2D eigenvalue weighted by molar-refractivity contribution is 5.90. The number of carbonyl (C=O) groups is 2. The number of nitrogens with two attached hydrogens (primary N) is 1. The van der Waals surface area contributed by atoms with Crippen molar-refractivity contribution in [2.75, 3.05) is 13.1 Å². The standard InChI is InChI=1S/C19H29N3O3/c1-11(23)21-15-10-22(9-14(15)12-5-6-12)8-13-7-16(18(20)24)25-17(13)19(2,3)4/h7,12,14-15H,5-6,8-10H2,1-4H3,(H2,20,24)(H,21,23)/t14-,15+/m0/s1. The zero-order valence-electron chi connectivity index (χ0n) is 15.6. The molecular formula is C19H29N3O3. The maximum absolute atomic E-state index is 11.5. The van der Waals surface area contributed by atoms with Gasteiger partial charge in [0.2, 0.25) is 5.91 Å². The number of amides is 2. The summed E-state index contributed by atoms with van der Waals surface area (Å²) >= 11 is 0. The van der Waals surface area contributed by atoms with E-state index in [1.807, 2.05) is 0 Å². The van der Waals surface area contributed by atoms with Crippen LogP contribution in [0.1, 0.15) is 62.4 Å². The molecule has 3 N–H and O–H groups in total. The van der Waals surface area contributed by atoms with Crippen LogP contribution < -0.4 is 11.1 Å². The predicted molar refractivity (Wildman–Crippen MR) is 95.0 cm³/mol. The highest BCUT2D eigenvalue weighted by Crippen LogP contribution is 2.42. The number of nitrogens with one attached hydrogen (secondary N) is 1. The van der Waals surface area contributed by atoms with Crippen LogP contribution in [-0.2, 0) is 16.8 Å². The second-order valence-electron chi connectivity index (χ2n) is 8.58. The van der Waals surface area contributed by atoms with Crippen LogP contribution in [0.15, 0.2) is 10.5 Å². The fourth-order valence-electron chi connectivity index (χ4n) is 4.00. The predicted octanol–water partition coefficient (Wildman–Crippen LogP) is 2.02. The largest absolute Gasteiger partial charge is 0.455 e. The Kier molecular flexibility index (Phi) is 4.66. The Labute approximate surface area is 149 Å². The third kappa shape index (κ3) is 4.06. The molecule has 0 bridgehead atoms. The molecule has 1 aliphatic carbocycles. The zero-order chi connectivity index (χ0) is 18.4. The van der Waals surface area contributed by atoms with E-state index >= 15 is 0 Å². The molecule has 2 atom stereocenters. The average molecular weight is 347 g/mol. The second kappa shape index (κ2) is 6.48. The first-order chi connectivity index (χ1) is 11.6. The summed E-state index contributed by atoms with van der Waals surface area (Å²) < 4.78 is 5.76. The van der Waals surface area contributed by atoms with Crippen LogP contribution in [0.4, 0.5) is 0 Å². The van der Waals surface area contributed by atoms with Crippen molar-refractivity contribution >= 4 is 11.8 Å². The van der Waals surface area contributed by atoms with Crippen molar-refractivity contribution in [2.24, 2.45) is 17.6 Å². The van der Waals surface area contributed by atoms with Gasteiger partial charge in [0.15, 0.2) is 5.76 Å². The van der Waals surface area contributed by atoms with Crippen molar-refractivity contribution < 1.29 is 14.0 Å². The Morgan fingerprint density at radius 2 is 2.00 bits per heavy atom. The summed E-state index contributed by atoms with van der Waals surface area (Å²) in [4.78, 5) is 25.4. The highest BCUT2D eigenvalue weighted by atomic mass is 16.4. The van der Waals surface area contributed by atoms with Gasteiger partial charge in [0.05, 0.1) is 0 Å². The molecule has 6 nitrogen and oxygen atoms in total. The summed E-state index contributed by atoms with van der Waals surface area (Å²) in [6, 6.07) is 1.99. The average Bonchev–Trinajstić information content (AvgIpc) is 3.10. The first kappa shape index (κ1) is 18.0. The first-order valence-corrected chi connectivity index (χ1v) is 9.07. The van der Waals surface area contributed by atoms with Gasteiger partial charge in [-0.2, -0.15) is 0 Å². The van der Waals surface area contributed by atoms with Crippen LogP contribution in [0.3, 0.4) is 0 Å². The van der Waals surface area contributed by atoms with Gasteiger partial charge < -0.3 is 15.5 Å². The molecule has 6 heteroatoms. The smallest absolute Gasteiger partial charge is 0.284 e. The molecule has 138 valence electrons. The highest BCUT2D eigenvalue weighted by Gasteiger charge is 2.43. The van der Waals surface area contributed by atoms with Gasteiger partial charge in [-0.25, -0.2) is 0 Å². The normalized spacial score (nSPS) is 24.5. The Balaban J connectivity index is 1.78. The number of primary amides is 1. The summed E-state index contributed by atoms with van der Waals surface area (Å²) in [7, 11) is 0. The molecule has 1 saturated carbocycles. The summed E-state index contributed by atoms with van der Waals surface area (Å²) in [6.07, 6.45) is 2.53. The molecule has 1 aromatic heterocycles. The minimum atomic E-state index is -0.537. The van der Waals surface area contributed by atoms with Crippen LogP contribution in [0.2, 0.25) is 0 Å². The van der Waals surface area contributed by atoms with Crippen molar-refractivity contribution in [3.63, 3.8) is 0 Å². The van der Waals surface area contributed by atoms with Gasteiger partial charge >= 0.3 is 0 Å². The Hall–Kier alpha value is -1.82. The molecule has 1 aromatic rings. The van der Waals surface area contributed by atoms with E-state index < -0.39 is 5.91 Å². The van der Waals surface area contributed by atoms with Crippen LogP contribution in [0.5, 0.6) is 0 Å². The van der Waals surface area contributed by atoms with Crippen molar-refractivity contribution in [1.29, 1.82) is 0 Å². The molecule has 3 rings (SSSR count). The molecular weight excluding hydrogens is 318 g/mol. The summed E-state index contributed by atoms with van der Waals surface area (Å²) in [5.74, 6) is 1.78. The van der Waals surface area contributed by atoms with Gasteiger partial charge in [-0.1, -0.05) is 20.8 Å². The molecule has 0 radical (unpaired) electrons. The molecule has 2 fully saturated rings. The van der Waals surface area contributed by atoms with Crippen molar-refractivity contribution in [3.05, 3.63) is 23.2 Å². The number of hydrogen-bond acceptors (Lipinski definition) is 4. The third-order valence-corrected chi connectivity index (χ3v) is 5.18. The van der Waals surface area contributed by atoms with E-state index in [0.717, 1.165) is 30.3 Å². The lowest BCUT2D eigenvalue weighted by Crippen LogP contribution is -2.39. The first-order valence-electron chi connectivity index (χ1n) is 9.07. The molecule has 0 spiro atoms. The summed E-state index contributed by atoms with van der Waals surface area (Å²) in [5, 5.41) is 3.12. The number of rotatable bonds is 5. The van der Waals surface area contributed by atoms with Crippen LogP contribution in [0, 0.1) is 11.8 Å². The minimum Gasteiger partial charge on any atom is -0.455 e. The van der Waals surface area contributed by atoms with E-state index in [1.165, 1.54) is 12.8 Å². The molecule has 0 aromatic carbocycles. The Morgan fingerprint density at radius 3 is 2.52 bits per heavy atom. The number of likely N-dealkylation sites (tertiary alicyclic amines) is 1. The topological polar surface area (TPSA) is 88.6 Å². The number of nitrogens with zero attached hydrogens (tertiary/aromatic N) is 1. The number of hydrogen-bond donors (Lipinski definition) is 2. The van der Waals surface area contributed by atoms with Crippen LogP contribution >= 0.6 is 0 Å². The summed E-state index contributed by atoms with van der Waals surface area (Å²) in [6.45, 7) is 10.3. The van der Waals surface area contributed by atoms with E-state index in [-0.39, 0.29) is 23.1 Å². The van der Waals surface area contributed by atoms with Gasteiger partial charge in [0, 0.05) is 43.6 Å². The fourth-order valence-corrected chi connectivity index (χ4v) is 4.00. The van der Waals surface area contributed by atoms with E-state index in [9.17, 15) is 9.59 Å². The lowest BCUT2D eigenvalue weighted by Gasteiger charge is -2.21. The van der Waals surface area contributed by atoms with Gasteiger partial charge in [0.25, 0.3) is 5.91 Å². The molecule has 25 heavy (non-hydrogen) atoms. The lowest BCUT2D eigenvalue weighted by atomic mass is 9.90. The molecule has 2 heterocycles. The monoisotopic (exact) mass is 347 g/mol. The maximum atomic E-state index is 11.5. The van der Waals surface area contributed by atoms with E-state index in [1.54, 1.807) is 13.0 Å². The molecule has 1 saturated heterocycles. The van der Waals surface area contributed by atoms with Gasteiger partial charge in [-0.15, -0.1) is 0 Å². The van der Waals surface area contributed by atoms with Crippen LogP contribution in [0.25, 0.3) is 0 Å². The zero-order valence-corrected chi connectivity index (χ0v) is 15.6. The molecule has 2 aliphatic rings. The quantitative estimate of drug-likeness (QED) is 0.853. The Bertz CT molecular complexity index is 670. The van der Waals surface area contributed by atoms with Crippen molar-refractivity contribution in [2.45, 2.75) is 58.5 Å². The van der Waals surface area contributed by atoms with Crippen molar-refractivity contribution in [1.82, 2.24) is 10.2 Å². The van der Waals surface area contributed by atoms with Gasteiger partial charge in [-0.3, -0.25) is 14.5 Å². The van der Waals surface area contributed by atoms with E-state index in [0.29, 0.717) is 12.5 Å². The lowest BCUT2D eigenvalue weighted by molar-refractivity contribution is -0.119. The number of furan rings is 1. The SMILES string of the molecule is CC(=O)N[C@@H]1CN(Cc2cc(C(N)=O)oc2C(C)(C)C)C[C@H]1C1CC1. The second-order valence-corrected chi connectivity index (χ2v) is 8.58. The summed E-state index contributed by atoms with van der Waals surface area (Å²) in [5.41, 5.74) is 6.22. The van der Waals surface area contributed by atoms with Gasteiger partial charge in [-0.05, 0) is 30.7 Å². The van der Waals surface area contributed by atoms with Gasteiger partial charge in [0.1, 0.15) is 5.76 Å². The maximum Gasteiger partial charge on any atom is 0.284 e. The fraction of sp³-hybridized carbons (Fsp3) is 0.684. The van der Waals surface area contributed by atoms with Crippen molar-refractivity contribution in [3.8, 4) is 0 Å². The van der Waals surface area contributed by atoms with E-state index in [2.05, 4.69) is 31.0 Å². The molecule has 1 aliphatic heterocycles. The minimum absolute atomic E-state index is 0.0345.